The van der Waals surface area contributed by atoms with Crippen LogP contribution < -0.4 is 5.32 Å². The molecule has 1 aromatic heterocycles. The number of nitro groups is 1. The number of aryl methyl sites for hydroxylation is 2. The maximum atomic E-state index is 11.9. The molecule has 1 atom stereocenters. The van der Waals surface area contributed by atoms with Gasteiger partial charge in [0.25, 0.3) is 0 Å². The lowest BCUT2D eigenvalue weighted by atomic mass is 10.1. The van der Waals surface area contributed by atoms with Gasteiger partial charge in [-0.1, -0.05) is 18.2 Å². The van der Waals surface area contributed by atoms with Gasteiger partial charge in [0.15, 0.2) is 9.84 Å². The Morgan fingerprint density at radius 2 is 1.79 bits per heavy atom. The first-order valence-corrected chi connectivity index (χ1v) is 10.8. The summed E-state index contributed by atoms with van der Waals surface area (Å²) in [5, 5.41) is 19.1. The Morgan fingerprint density at radius 1 is 1.14 bits per heavy atom. The molecule has 0 amide bonds. The van der Waals surface area contributed by atoms with E-state index >= 15 is 0 Å². The van der Waals surface area contributed by atoms with Crippen molar-refractivity contribution in [2.45, 2.75) is 31.7 Å². The molecule has 0 saturated heterocycles. The van der Waals surface area contributed by atoms with Crippen LogP contribution in [0.4, 0.5) is 11.4 Å². The van der Waals surface area contributed by atoms with Gasteiger partial charge in [-0.3, -0.25) is 10.1 Å². The van der Waals surface area contributed by atoms with Crippen molar-refractivity contribution in [2.75, 3.05) is 11.6 Å². The summed E-state index contributed by atoms with van der Waals surface area (Å²) in [7, 11) is -3.73. The van der Waals surface area contributed by atoms with Gasteiger partial charge in [0.05, 0.1) is 16.3 Å². The molecule has 3 rings (SSSR count). The van der Waals surface area contributed by atoms with Crippen LogP contribution in [0.5, 0.6) is 0 Å². The highest BCUT2D eigenvalue weighted by atomic mass is 32.2. The van der Waals surface area contributed by atoms with Crippen molar-refractivity contribution >= 4 is 21.2 Å². The third-order valence-electron chi connectivity index (χ3n) is 4.60. The monoisotopic (exact) mass is 414 g/mol. The fourth-order valence-corrected chi connectivity index (χ4v) is 4.10. The third-order valence-corrected chi connectivity index (χ3v) is 5.73. The SMILES string of the molecule is Cc1cc(C)n(-c2ccc(C(C)Nc3cccc(S(C)(=O)=O)c3[N+](=O)[O-])cc2)n1. The summed E-state index contributed by atoms with van der Waals surface area (Å²) in [6, 6.07) is 13.6. The number of para-hydroxylation sites is 1. The lowest BCUT2D eigenvalue weighted by Gasteiger charge is -2.17. The topological polar surface area (TPSA) is 107 Å². The van der Waals surface area contributed by atoms with Crippen molar-refractivity contribution in [3.05, 3.63) is 75.6 Å². The van der Waals surface area contributed by atoms with Gasteiger partial charge < -0.3 is 5.32 Å². The van der Waals surface area contributed by atoms with Crippen molar-refractivity contribution in [2.24, 2.45) is 0 Å². The number of nitrogens with zero attached hydrogens (tertiary/aromatic N) is 3. The molecule has 0 aliphatic carbocycles. The highest BCUT2D eigenvalue weighted by molar-refractivity contribution is 7.90. The van der Waals surface area contributed by atoms with E-state index in [2.05, 4.69) is 10.4 Å². The van der Waals surface area contributed by atoms with Crippen LogP contribution >= 0.6 is 0 Å². The Kier molecular flexibility index (Phi) is 5.43. The zero-order valence-electron chi connectivity index (χ0n) is 16.6. The molecule has 1 N–H and O–H groups in total. The number of hydrogen-bond donors (Lipinski definition) is 1. The summed E-state index contributed by atoms with van der Waals surface area (Å²) in [6.45, 7) is 5.77. The minimum absolute atomic E-state index is 0.160. The zero-order chi connectivity index (χ0) is 21.3. The van der Waals surface area contributed by atoms with Gasteiger partial charge in [0.1, 0.15) is 10.6 Å². The number of aromatic nitrogens is 2. The fraction of sp³-hybridized carbons (Fsp3) is 0.250. The van der Waals surface area contributed by atoms with E-state index in [9.17, 15) is 18.5 Å². The van der Waals surface area contributed by atoms with E-state index in [1.165, 1.54) is 18.2 Å². The average molecular weight is 414 g/mol. The fourth-order valence-electron chi connectivity index (χ4n) is 3.24. The van der Waals surface area contributed by atoms with Gasteiger partial charge >= 0.3 is 5.69 Å². The molecule has 0 fully saturated rings. The Balaban J connectivity index is 1.90. The summed E-state index contributed by atoms with van der Waals surface area (Å²) in [4.78, 5) is 10.6. The first-order chi connectivity index (χ1) is 13.6. The van der Waals surface area contributed by atoms with E-state index < -0.39 is 20.4 Å². The lowest BCUT2D eigenvalue weighted by Crippen LogP contribution is -2.11. The maximum Gasteiger partial charge on any atom is 0.310 e. The standard InChI is InChI=1S/C20H22N4O4S/c1-13-12-14(2)23(22-13)17-10-8-16(9-11-17)15(3)21-18-6-5-7-19(29(4,27)28)20(18)24(25)26/h5-12,15,21H,1-4H3. The van der Waals surface area contributed by atoms with Crippen molar-refractivity contribution in [1.29, 1.82) is 0 Å². The molecule has 152 valence electrons. The number of benzene rings is 2. The van der Waals surface area contributed by atoms with E-state index in [-0.39, 0.29) is 16.6 Å². The third kappa shape index (κ3) is 4.29. The van der Waals surface area contributed by atoms with Crippen molar-refractivity contribution in [3.63, 3.8) is 0 Å². The smallest absolute Gasteiger partial charge is 0.310 e. The molecule has 9 heteroatoms. The summed E-state index contributed by atoms with van der Waals surface area (Å²) >= 11 is 0. The molecule has 0 spiro atoms. The summed E-state index contributed by atoms with van der Waals surface area (Å²) in [5.74, 6) is 0. The first kappa shape index (κ1) is 20.5. The van der Waals surface area contributed by atoms with Crippen LogP contribution in [0.3, 0.4) is 0 Å². The molecule has 8 nitrogen and oxygen atoms in total. The zero-order valence-corrected chi connectivity index (χ0v) is 17.4. The molecule has 0 saturated carbocycles. The molecular formula is C20H22N4O4S. The minimum Gasteiger partial charge on any atom is -0.373 e. The molecule has 0 radical (unpaired) electrons. The summed E-state index contributed by atoms with van der Waals surface area (Å²) in [6.07, 6.45) is 0.959. The minimum atomic E-state index is -3.73. The second-order valence-corrected chi connectivity index (χ2v) is 8.96. The predicted octanol–water partition coefficient (Wildman–Crippen LogP) is 3.97. The molecule has 0 bridgehead atoms. The number of sulfone groups is 1. The van der Waals surface area contributed by atoms with Gasteiger partial charge in [-0.05, 0) is 56.7 Å². The molecule has 2 aromatic carbocycles. The van der Waals surface area contributed by atoms with Gasteiger partial charge in [-0.15, -0.1) is 0 Å². The molecule has 0 aliphatic rings. The first-order valence-electron chi connectivity index (χ1n) is 8.95. The van der Waals surface area contributed by atoms with Crippen LogP contribution in [-0.2, 0) is 9.84 Å². The van der Waals surface area contributed by atoms with E-state index in [1.807, 2.05) is 55.8 Å². The lowest BCUT2D eigenvalue weighted by molar-refractivity contribution is -0.386. The molecule has 0 aliphatic heterocycles. The molecule has 1 unspecified atom stereocenters. The number of rotatable bonds is 6. The molecular weight excluding hydrogens is 392 g/mol. The Bertz CT molecular complexity index is 1170. The largest absolute Gasteiger partial charge is 0.373 e. The van der Waals surface area contributed by atoms with E-state index in [1.54, 1.807) is 0 Å². The predicted molar refractivity (Wildman–Crippen MR) is 111 cm³/mol. The molecule has 1 heterocycles. The van der Waals surface area contributed by atoms with Crippen molar-refractivity contribution in [1.82, 2.24) is 9.78 Å². The van der Waals surface area contributed by atoms with Crippen LogP contribution in [0.1, 0.15) is 29.9 Å². The van der Waals surface area contributed by atoms with Crippen LogP contribution in [-0.4, -0.2) is 29.4 Å². The normalized spacial score (nSPS) is 12.6. The van der Waals surface area contributed by atoms with Gasteiger partial charge in [-0.2, -0.15) is 5.10 Å². The highest BCUT2D eigenvalue weighted by Gasteiger charge is 2.26. The Hall–Kier alpha value is -3.20. The van der Waals surface area contributed by atoms with Crippen molar-refractivity contribution in [3.8, 4) is 5.69 Å². The highest BCUT2D eigenvalue weighted by Crippen LogP contribution is 2.34. The van der Waals surface area contributed by atoms with Gasteiger partial charge in [0.2, 0.25) is 0 Å². The van der Waals surface area contributed by atoms with E-state index in [4.69, 9.17) is 0 Å². The number of anilines is 1. The van der Waals surface area contributed by atoms with Crippen LogP contribution in [0.2, 0.25) is 0 Å². The second kappa shape index (κ2) is 7.67. The Morgan fingerprint density at radius 3 is 2.31 bits per heavy atom. The maximum absolute atomic E-state index is 11.9. The van der Waals surface area contributed by atoms with Crippen LogP contribution in [0, 0.1) is 24.0 Å². The second-order valence-electron chi connectivity index (χ2n) is 6.98. The van der Waals surface area contributed by atoms with Gasteiger partial charge in [0, 0.05) is 18.0 Å². The van der Waals surface area contributed by atoms with E-state index in [0.717, 1.165) is 28.9 Å². The van der Waals surface area contributed by atoms with Crippen LogP contribution in [0.15, 0.2) is 53.4 Å². The summed E-state index contributed by atoms with van der Waals surface area (Å²) in [5.41, 5.74) is 3.48. The Labute approximate surface area is 169 Å². The van der Waals surface area contributed by atoms with Crippen molar-refractivity contribution < 1.29 is 13.3 Å². The molecule has 3 aromatic rings. The molecule has 29 heavy (non-hydrogen) atoms. The number of nitrogens with one attached hydrogen (secondary N) is 1. The number of nitro benzene ring substituents is 1. The quantitative estimate of drug-likeness (QED) is 0.483. The van der Waals surface area contributed by atoms with E-state index in [0.29, 0.717) is 0 Å². The number of hydrogen-bond acceptors (Lipinski definition) is 6. The van der Waals surface area contributed by atoms with Crippen LogP contribution in [0.25, 0.3) is 5.69 Å². The van der Waals surface area contributed by atoms with Gasteiger partial charge in [-0.25, -0.2) is 13.1 Å². The summed E-state index contributed by atoms with van der Waals surface area (Å²) < 4.78 is 25.7. The average Bonchev–Trinajstić information content (AvgIpc) is 2.99.